The topological polar surface area (TPSA) is 42.3 Å². The first-order valence-electron chi connectivity index (χ1n) is 9.83. The Morgan fingerprint density at radius 3 is 2.45 bits per heavy atom. The van der Waals surface area contributed by atoms with E-state index in [9.17, 15) is 0 Å². The second-order valence-electron chi connectivity index (χ2n) is 7.56. The molecule has 150 valence electrons. The van der Waals surface area contributed by atoms with Gasteiger partial charge in [0.25, 0.3) is 0 Å². The van der Waals surface area contributed by atoms with Crippen molar-refractivity contribution in [2.45, 2.75) is 38.9 Å². The lowest BCUT2D eigenvalue weighted by molar-refractivity contribution is 0.262. The minimum atomic E-state index is -0.0163. The van der Waals surface area contributed by atoms with Gasteiger partial charge in [0.05, 0.1) is 24.9 Å². The van der Waals surface area contributed by atoms with Crippen LogP contribution in [0.3, 0.4) is 0 Å². The van der Waals surface area contributed by atoms with E-state index in [4.69, 9.17) is 17.0 Å². The van der Waals surface area contributed by atoms with Crippen LogP contribution in [0.2, 0.25) is 0 Å². The molecule has 0 radical (unpaired) electrons. The smallest absolute Gasteiger partial charge is 0.170 e. The van der Waals surface area contributed by atoms with Gasteiger partial charge in [-0.05, 0) is 81.5 Å². The van der Waals surface area contributed by atoms with E-state index in [1.54, 1.807) is 7.11 Å². The highest BCUT2D eigenvalue weighted by Gasteiger charge is 2.42. The molecule has 1 aromatic carbocycles. The van der Waals surface area contributed by atoms with Crippen molar-refractivity contribution in [3.05, 3.63) is 77.9 Å². The lowest BCUT2D eigenvalue weighted by atomic mass is 10.0. The molecule has 0 saturated carbocycles. The van der Waals surface area contributed by atoms with Crippen LogP contribution < -0.4 is 10.1 Å². The van der Waals surface area contributed by atoms with E-state index in [0.29, 0.717) is 0 Å². The molecule has 1 aliphatic rings. The highest BCUT2D eigenvalue weighted by atomic mass is 32.1. The Labute approximate surface area is 177 Å². The molecular weight excluding hydrogens is 380 g/mol. The van der Waals surface area contributed by atoms with Crippen LogP contribution in [0.15, 0.2) is 60.8 Å². The zero-order valence-electron chi connectivity index (χ0n) is 17.2. The van der Waals surface area contributed by atoms with Crippen molar-refractivity contribution < 1.29 is 4.74 Å². The van der Waals surface area contributed by atoms with Crippen LogP contribution in [0.25, 0.3) is 5.69 Å². The summed E-state index contributed by atoms with van der Waals surface area (Å²) in [7, 11) is 1.68. The van der Waals surface area contributed by atoms with Gasteiger partial charge >= 0.3 is 0 Å². The third-order valence-electron chi connectivity index (χ3n) is 5.43. The van der Waals surface area contributed by atoms with Crippen LogP contribution in [-0.2, 0) is 0 Å². The number of aryl methyl sites for hydroxylation is 1. The Kier molecular flexibility index (Phi) is 5.28. The maximum Gasteiger partial charge on any atom is 0.170 e. The number of thiocarbonyl (C=S) groups is 1. The van der Waals surface area contributed by atoms with Gasteiger partial charge in [0.1, 0.15) is 5.75 Å². The van der Waals surface area contributed by atoms with Crippen LogP contribution >= 0.6 is 12.2 Å². The van der Waals surface area contributed by atoms with E-state index in [1.807, 2.05) is 30.5 Å². The standard InChI is InChI=1S/C23H26N4OS/c1-15(2)26-22(21(25-23(26)29)19-7-5-6-14-24-19)20-13-8-16(3)27(20)17-9-11-18(28-4)12-10-17/h5-15,21-22H,1-4H3,(H,25,29)/t21-,22+/m0/s1. The SMILES string of the molecule is COc1ccc(-n2c(C)ccc2[C@@H]2[C@H](c3ccccn3)NC(=S)N2C(C)C)cc1. The van der Waals surface area contributed by atoms with Crippen molar-refractivity contribution in [3.8, 4) is 11.4 Å². The monoisotopic (exact) mass is 406 g/mol. The Balaban J connectivity index is 1.85. The fraction of sp³-hybridized carbons (Fsp3) is 0.304. The summed E-state index contributed by atoms with van der Waals surface area (Å²) in [6.07, 6.45) is 1.84. The van der Waals surface area contributed by atoms with Crippen molar-refractivity contribution in [1.29, 1.82) is 0 Å². The van der Waals surface area contributed by atoms with Crippen molar-refractivity contribution >= 4 is 17.3 Å². The van der Waals surface area contributed by atoms with Crippen LogP contribution in [0, 0.1) is 6.92 Å². The second-order valence-corrected chi connectivity index (χ2v) is 7.95. The predicted molar refractivity (Wildman–Crippen MR) is 119 cm³/mol. The highest BCUT2D eigenvalue weighted by Crippen LogP contribution is 2.41. The second kappa shape index (κ2) is 7.87. The van der Waals surface area contributed by atoms with Gasteiger partial charge in [0, 0.05) is 29.3 Å². The molecule has 3 heterocycles. The van der Waals surface area contributed by atoms with Gasteiger partial charge in [-0.15, -0.1) is 0 Å². The van der Waals surface area contributed by atoms with Crippen LogP contribution in [0.5, 0.6) is 5.75 Å². The number of benzene rings is 1. The molecule has 3 aromatic rings. The molecule has 5 nitrogen and oxygen atoms in total. The minimum Gasteiger partial charge on any atom is -0.497 e. The molecule has 6 heteroatoms. The van der Waals surface area contributed by atoms with Crippen molar-refractivity contribution in [2.75, 3.05) is 7.11 Å². The van der Waals surface area contributed by atoms with Gasteiger partial charge in [-0.2, -0.15) is 0 Å². The maximum atomic E-state index is 5.73. The third-order valence-corrected chi connectivity index (χ3v) is 5.76. The van der Waals surface area contributed by atoms with Crippen LogP contribution in [-0.4, -0.2) is 32.7 Å². The van der Waals surface area contributed by atoms with Gasteiger partial charge in [0.2, 0.25) is 0 Å². The molecule has 0 aliphatic carbocycles. The van der Waals surface area contributed by atoms with E-state index >= 15 is 0 Å². The molecule has 0 bridgehead atoms. The van der Waals surface area contributed by atoms with Crippen molar-refractivity contribution in [3.63, 3.8) is 0 Å². The third kappa shape index (κ3) is 3.49. The molecule has 0 amide bonds. The summed E-state index contributed by atoms with van der Waals surface area (Å²) in [4.78, 5) is 6.90. The summed E-state index contributed by atoms with van der Waals surface area (Å²) in [5.74, 6) is 0.846. The summed E-state index contributed by atoms with van der Waals surface area (Å²) < 4.78 is 7.63. The summed E-state index contributed by atoms with van der Waals surface area (Å²) in [6.45, 7) is 6.48. The molecule has 1 aliphatic heterocycles. The number of aromatic nitrogens is 2. The number of nitrogens with one attached hydrogen (secondary N) is 1. The van der Waals surface area contributed by atoms with E-state index in [0.717, 1.165) is 22.2 Å². The molecule has 0 unspecified atom stereocenters. The van der Waals surface area contributed by atoms with Crippen molar-refractivity contribution in [2.24, 2.45) is 0 Å². The molecule has 2 aromatic heterocycles. The fourth-order valence-corrected chi connectivity index (χ4v) is 4.56. The number of methoxy groups -OCH3 is 1. The molecule has 1 saturated heterocycles. The molecule has 2 atom stereocenters. The van der Waals surface area contributed by atoms with Gasteiger partial charge in [-0.1, -0.05) is 6.07 Å². The molecule has 0 spiro atoms. The lowest BCUT2D eigenvalue weighted by Gasteiger charge is -2.32. The number of hydrogen-bond acceptors (Lipinski definition) is 3. The predicted octanol–water partition coefficient (Wildman–Crippen LogP) is 4.57. The first-order valence-corrected chi connectivity index (χ1v) is 10.2. The first-order chi connectivity index (χ1) is 14.0. The largest absolute Gasteiger partial charge is 0.497 e. The highest BCUT2D eigenvalue weighted by molar-refractivity contribution is 7.80. The van der Waals surface area contributed by atoms with Crippen LogP contribution in [0.1, 0.15) is 43.0 Å². The van der Waals surface area contributed by atoms with Gasteiger partial charge < -0.3 is 19.5 Å². The summed E-state index contributed by atoms with van der Waals surface area (Å²) in [5, 5.41) is 4.28. The maximum absolute atomic E-state index is 5.73. The first kappa shape index (κ1) is 19.5. The Bertz CT molecular complexity index is 997. The number of ether oxygens (including phenoxy) is 1. The lowest BCUT2D eigenvalue weighted by Crippen LogP contribution is -2.36. The summed E-state index contributed by atoms with van der Waals surface area (Å²) in [6, 6.07) is 18.8. The molecule has 1 N–H and O–H groups in total. The summed E-state index contributed by atoms with van der Waals surface area (Å²) >= 11 is 5.73. The van der Waals surface area contributed by atoms with Gasteiger partial charge in [-0.3, -0.25) is 4.98 Å². The van der Waals surface area contributed by atoms with E-state index in [2.05, 4.69) is 70.9 Å². The van der Waals surface area contributed by atoms with Crippen molar-refractivity contribution in [1.82, 2.24) is 19.8 Å². The van der Waals surface area contributed by atoms with Gasteiger partial charge in [-0.25, -0.2) is 0 Å². The van der Waals surface area contributed by atoms with E-state index in [1.165, 1.54) is 11.4 Å². The summed E-state index contributed by atoms with van der Waals surface area (Å²) in [5.41, 5.74) is 4.45. The molecule has 1 fully saturated rings. The number of nitrogens with zero attached hydrogens (tertiary/aromatic N) is 3. The average Bonchev–Trinajstić information content (AvgIpc) is 3.28. The zero-order chi connectivity index (χ0) is 20.5. The Hall–Kier alpha value is -2.86. The Morgan fingerprint density at radius 1 is 1.07 bits per heavy atom. The normalized spacial score (nSPS) is 18.9. The molecular formula is C23H26N4OS. The fourth-order valence-electron chi connectivity index (χ4n) is 4.11. The molecule has 4 rings (SSSR count). The van der Waals surface area contributed by atoms with E-state index in [-0.39, 0.29) is 18.1 Å². The zero-order valence-corrected chi connectivity index (χ0v) is 18.0. The average molecular weight is 407 g/mol. The Morgan fingerprint density at radius 2 is 1.83 bits per heavy atom. The van der Waals surface area contributed by atoms with E-state index < -0.39 is 0 Å². The number of rotatable bonds is 5. The van der Waals surface area contributed by atoms with Crippen LogP contribution in [0.4, 0.5) is 0 Å². The van der Waals surface area contributed by atoms with Gasteiger partial charge in [0.15, 0.2) is 5.11 Å². The quantitative estimate of drug-likeness (QED) is 0.629. The number of hydrogen-bond donors (Lipinski definition) is 1. The number of pyridine rings is 1. The minimum absolute atomic E-state index is 0.0163. The molecule has 29 heavy (non-hydrogen) atoms.